The summed E-state index contributed by atoms with van der Waals surface area (Å²) in [6, 6.07) is 14.2. The predicted octanol–water partition coefficient (Wildman–Crippen LogP) is 6.57. The molecule has 1 N–H and O–H groups in total. The van der Waals surface area contributed by atoms with E-state index in [0.29, 0.717) is 30.6 Å². The van der Waals surface area contributed by atoms with Gasteiger partial charge in [-0.1, -0.05) is 43.3 Å². The zero-order valence-electron chi connectivity index (χ0n) is 24.1. The van der Waals surface area contributed by atoms with E-state index in [4.69, 9.17) is 14.2 Å². The number of aliphatic carboxylic acids is 1. The van der Waals surface area contributed by atoms with E-state index in [1.54, 1.807) is 33.8 Å². The van der Waals surface area contributed by atoms with E-state index in [1.165, 1.54) is 4.90 Å². The maximum Gasteiger partial charge on any atom is 0.411 e. The molecular weight excluding hydrogens is 510 g/mol. The number of carbonyl (C=O) groups is 3. The summed E-state index contributed by atoms with van der Waals surface area (Å²) in [4.78, 5) is 39.8. The van der Waals surface area contributed by atoms with Crippen molar-refractivity contribution in [1.29, 1.82) is 0 Å². The number of hydrogen-bond acceptors (Lipinski definition) is 6. The number of rotatable bonds is 7. The van der Waals surface area contributed by atoms with Crippen LogP contribution in [0.4, 0.5) is 4.79 Å². The van der Waals surface area contributed by atoms with Crippen LogP contribution in [0.25, 0.3) is 11.1 Å². The third-order valence-electron chi connectivity index (χ3n) is 7.89. The number of piperidine rings is 1. The molecule has 5 atom stereocenters. The number of amides is 1. The van der Waals surface area contributed by atoms with E-state index in [9.17, 15) is 19.5 Å². The maximum atomic E-state index is 13.2. The van der Waals surface area contributed by atoms with Crippen molar-refractivity contribution >= 4 is 18.0 Å². The van der Waals surface area contributed by atoms with Crippen molar-refractivity contribution in [1.82, 2.24) is 4.90 Å². The molecule has 1 heterocycles. The highest BCUT2D eigenvalue weighted by atomic mass is 16.6. The van der Waals surface area contributed by atoms with Crippen LogP contribution in [0.2, 0.25) is 0 Å². The van der Waals surface area contributed by atoms with Crippen LogP contribution in [0.5, 0.6) is 5.75 Å². The van der Waals surface area contributed by atoms with Crippen LogP contribution in [0.3, 0.4) is 0 Å². The van der Waals surface area contributed by atoms with E-state index < -0.39 is 29.7 Å². The molecule has 40 heavy (non-hydrogen) atoms. The van der Waals surface area contributed by atoms with Crippen LogP contribution in [0.15, 0.2) is 48.5 Å². The van der Waals surface area contributed by atoms with Gasteiger partial charge in [0.25, 0.3) is 0 Å². The van der Waals surface area contributed by atoms with Crippen molar-refractivity contribution < 1.29 is 33.7 Å². The summed E-state index contributed by atoms with van der Waals surface area (Å²) in [5.41, 5.74) is 1.60. The second-order valence-electron chi connectivity index (χ2n) is 11.7. The number of carboxylic acids is 1. The van der Waals surface area contributed by atoms with Crippen molar-refractivity contribution in [3.63, 3.8) is 0 Å². The normalized spacial score (nSPS) is 24.5. The predicted molar refractivity (Wildman–Crippen MR) is 151 cm³/mol. The molecule has 0 bridgehead atoms. The first-order chi connectivity index (χ1) is 19.0. The summed E-state index contributed by atoms with van der Waals surface area (Å²) in [5, 5.41) is 10.1. The Bertz CT molecular complexity index is 1210. The van der Waals surface area contributed by atoms with Crippen LogP contribution in [0, 0.1) is 11.8 Å². The molecule has 1 aliphatic carbocycles. The van der Waals surface area contributed by atoms with E-state index in [1.807, 2.05) is 49.4 Å². The number of carbonyl (C=O) groups excluding carboxylic acids is 2. The summed E-state index contributed by atoms with van der Waals surface area (Å²) in [6.45, 7) is 9.38. The lowest BCUT2D eigenvalue weighted by Gasteiger charge is -2.51. The van der Waals surface area contributed by atoms with Gasteiger partial charge in [0, 0.05) is 6.04 Å². The molecule has 1 unspecified atom stereocenters. The second kappa shape index (κ2) is 12.3. The fourth-order valence-electron chi connectivity index (χ4n) is 6.25. The quantitative estimate of drug-likeness (QED) is 0.389. The van der Waals surface area contributed by atoms with E-state index in [0.717, 1.165) is 24.0 Å². The topological polar surface area (TPSA) is 102 Å². The molecule has 1 amide bonds. The molecule has 2 aromatic rings. The summed E-state index contributed by atoms with van der Waals surface area (Å²) in [7, 11) is 0. The highest BCUT2D eigenvalue weighted by Gasteiger charge is 2.50. The molecule has 0 aromatic heterocycles. The van der Waals surface area contributed by atoms with E-state index in [-0.39, 0.29) is 30.6 Å². The highest BCUT2D eigenvalue weighted by molar-refractivity contribution is 5.93. The molecular formula is C32H41NO7. The van der Waals surface area contributed by atoms with Crippen molar-refractivity contribution in [2.75, 3.05) is 6.61 Å². The van der Waals surface area contributed by atoms with Gasteiger partial charge in [0.15, 0.2) is 0 Å². The van der Waals surface area contributed by atoms with Gasteiger partial charge in [0.2, 0.25) is 0 Å². The smallest absolute Gasteiger partial charge is 0.411 e. The maximum absolute atomic E-state index is 13.2. The van der Waals surface area contributed by atoms with Gasteiger partial charge in [-0.05, 0) is 94.9 Å². The molecule has 1 saturated carbocycles. The number of benzene rings is 2. The number of nitrogens with zero attached hydrogens (tertiary/aromatic N) is 1. The zero-order valence-corrected chi connectivity index (χ0v) is 24.1. The molecule has 1 aliphatic heterocycles. The summed E-state index contributed by atoms with van der Waals surface area (Å²) >= 11 is 0. The van der Waals surface area contributed by atoms with Crippen molar-refractivity contribution in [2.24, 2.45) is 11.8 Å². The van der Waals surface area contributed by atoms with Crippen molar-refractivity contribution in [3.8, 4) is 16.9 Å². The molecule has 2 fully saturated rings. The molecule has 8 heteroatoms. The lowest BCUT2D eigenvalue weighted by molar-refractivity contribution is -0.150. The molecule has 2 aliphatic rings. The molecule has 2 aromatic carbocycles. The monoisotopic (exact) mass is 551 g/mol. The first-order valence-corrected chi connectivity index (χ1v) is 14.3. The molecule has 1 saturated heterocycles. The second-order valence-corrected chi connectivity index (χ2v) is 11.7. The minimum absolute atomic E-state index is 0.0619. The Morgan fingerprint density at radius 2 is 1.70 bits per heavy atom. The highest BCUT2D eigenvalue weighted by Crippen LogP contribution is 2.45. The number of carboxylic acid groups (broad SMARTS) is 1. The molecule has 216 valence electrons. The van der Waals surface area contributed by atoms with Crippen LogP contribution >= 0.6 is 0 Å². The van der Waals surface area contributed by atoms with Gasteiger partial charge in [-0.15, -0.1) is 0 Å². The molecule has 8 nitrogen and oxygen atoms in total. The molecule has 4 rings (SSSR count). The zero-order chi connectivity index (χ0) is 29.0. The van der Waals surface area contributed by atoms with Crippen LogP contribution in [-0.2, 0) is 14.3 Å². The van der Waals surface area contributed by atoms with Crippen LogP contribution in [-0.4, -0.2) is 58.4 Å². The minimum atomic E-state index is -1.02. The van der Waals surface area contributed by atoms with Crippen molar-refractivity contribution in [2.45, 2.75) is 90.5 Å². The summed E-state index contributed by atoms with van der Waals surface area (Å²) < 4.78 is 17.4. The summed E-state index contributed by atoms with van der Waals surface area (Å²) in [6.07, 6.45) is 2.37. The van der Waals surface area contributed by atoms with Gasteiger partial charge in [-0.2, -0.15) is 0 Å². The third kappa shape index (κ3) is 6.60. The average Bonchev–Trinajstić information content (AvgIpc) is 2.91. The SMILES string of the molecule is CCOC(=O)c1ccc(-c2ccccc2)cc1O[C@H]1CC[C@H]2C(CC)N(C(=O)OC(C)(C)C)[C@H](C(=O)O)C[C@H]2C1. The van der Waals surface area contributed by atoms with Gasteiger partial charge in [0.1, 0.15) is 23.0 Å². The average molecular weight is 552 g/mol. The number of likely N-dealkylation sites (tertiary alicyclic amines) is 1. The molecule has 0 spiro atoms. The van der Waals surface area contributed by atoms with Crippen LogP contribution < -0.4 is 4.74 Å². The Balaban J connectivity index is 1.58. The largest absolute Gasteiger partial charge is 0.489 e. The standard InChI is InChI=1S/C32H41NO7/c1-6-26-24-16-14-23(17-22(24)18-27(29(34)35)33(26)31(37)40-32(3,4)5)39-28-19-21(20-11-9-8-10-12-20)13-15-25(28)30(36)38-7-2/h8-13,15,19,22-24,26-27H,6-7,14,16-18H2,1-5H3,(H,34,35)/t22-,23+,24-,26?,27+/m1/s1. The van der Waals surface area contributed by atoms with E-state index >= 15 is 0 Å². The lowest BCUT2D eigenvalue weighted by Crippen LogP contribution is -2.61. The number of esters is 1. The van der Waals surface area contributed by atoms with Gasteiger partial charge in [-0.3, -0.25) is 4.90 Å². The fraction of sp³-hybridized carbons (Fsp3) is 0.531. The van der Waals surface area contributed by atoms with Gasteiger partial charge in [-0.25, -0.2) is 14.4 Å². The molecule has 0 radical (unpaired) electrons. The first-order valence-electron chi connectivity index (χ1n) is 14.3. The van der Waals surface area contributed by atoms with Gasteiger partial charge >= 0.3 is 18.0 Å². The number of fused-ring (bicyclic) bond motifs is 1. The minimum Gasteiger partial charge on any atom is -0.489 e. The lowest BCUT2D eigenvalue weighted by atomic mass is 9.67. The Hall–Kier alpha value is -3.55. The van der Waals surface area contributed by atoms with Gasteiger partial charge in [0.05, 0.1) is 12.7 Å². The number of hydrogen-bond donors (Lipinski definition) is 1. The Morgan fingerprint density at radius 1 is 0.975 bits per heavy atom. The number of ether oxygens (including phenoxy) is 3. The third-order valence-corrected chi connectivity index (χ3v) is 7.89. The Morgan fingerprint density at radius 3 is 2.33 bits per heavy atom. The Kier molecular flexibility index (Phi) is 9.06. The van der Waals surface area contributed by atoms with Crippen LogP contribution in [0.1, 0.15) is 77.1 Å². The fourth-order valence-corrected chi connectivity index (χ4v) is 6.25. The van der Waals surface area contributed by atoms with Crippen molar-refractivity contribution in [3.05, 3.63) is 54.1 Å². The van der Waals surface area contributed by atoms with E-state index in [2.05, 4.69) is 0 Å². The van der Waals surface area contributed by atoms with Gasteiger partial charge < -0.3 is 19.3 Å². The Labute approximate surface area is 236 Å². The summed E-state index contributed by atoms with van der Waals surface area (Å²) in [5.74, 6) is -0.782. The first kappa shape index (κ1) is 29.4.